The standard InChI is InChI=1S/C42H26.C22H13Br.C20H15BO2/c1-2-10-28-23-29(18-17-27(28)9-1)30-19-20-32-25-33(22-21-31(32)24-30)40-26-41-36-13-4-3-11-34(36)35-12-5-7-15-38(35)42(41)39-16-8-6-14-37(39)40;23-21-13-20-16-9-2-1-7-14(16)15-8-3-5-11-18(15)22(20)19-12-6-4-10-17(19)21;22-21(23)20-10-9-18-12-17(7-8-19(18)13-20)16-6-5-14-3-1-2-4-15(14)11-16/h1-26H;1-13H;1-13,22-23H. The zero-order valence-electron chi connectivity index (χ0n) is 47.9. The Morgan fingerprint density at radius 1 is 0.205 bits per heavy atom. The van der Waals surface area contributed by atoms with E-state index in [1.165, 1.54) is 146 Å². The first-order valence-corrected chi connectivity index (χ1v) is 30.7. The van der Waals surface area contributed by atoms with Crippen molar-refractivity contribution in [1.82, 2.24) is 0 Å². The largest absolute Gasteiger partial charge is 0.488 e. The molecular weight excluding hydrogens is 1130 g/mol. The molecule has 18 aromatic carbocycles. The van der Waals surface area contributed by atoms with Gasteiger partial charge in [-0.25, -0.2) is 0 Å². The minimum atomic E-state index is -1.43. The van der Waals surface area contributed by atoms with Crippen molar-refractivity contribution in [2.45, 2.75) is 0 Å². The van der Waals surface area contributed by atoms with Crippen molar-refractivity contribution in [1.29, 1.82) is 0 Å². The van der Waals surface area contributed by atoms with Gasteiger partial charge in [0.2, 0.25) is 0 Å². The summed E-state index contributed by atoms with van der Waals surface area (Å²) in [4.78, 5) is 0. The van der Waals surface area contributed by atoms with Crippen LogP contribution in [-0.2, 0) is 0 Å². The van der Waals surface area contributed by atoms with Crippen molar-refractivity contribution in [2.75, 3.05) is 0 Å². The summed E-state index contributed by atoms with van der Waals surface area (Å²) in [5.74, 6) is 0. The van der Waals surface area contributed by atoms with Crippen molar-refractivity contribution in [2.24, 2.45) is 0 Å². The molecule has 0 saturated carbocycles. The van der Waals surface area contributed by atoms with Crippen molar-refractivity contribution < 1.29 is 10.0 Å². The highest BCUT2D eigenvalue weighted by Crippen LogP contribution is 2.45. The first-order valence-electron chi connectivity index (χ1n) is 29.9. The van der Waals surface area contributed by atoms with Gasteiger partial charge in [0.05, 0.1) is 0 Å². The minimum absolute atomic E-state index is 0.510. The molecule has 2 N–H and O–H groups in total. The minimum Gasteiger partial charge on any atom is -0.423 e. The van der Waals surface area contributed by atoms with Crippen LogP contribution in [0.1, 0.15) is 0 Å². The molecule has 0 amide bonds. The highest BCUT2D eigenvalue weighted by Gasteiger charge is 2.17. The van der Waals surface area contributed by atoms with E-state index in [4.69, 9.17) is 0 Å². The van der Waals surface area contributed by atoms with Crippen molar-refractivity contribution in [3.05, 3.63) is 320 Å². The highest BCUT2D eigenvalue weighted by molar-refractivity contribution is 9.10. The fourth-order valence-electron chi connectivity index (χ4n) is 13.7. The second-order valence-electron chi connectivity index (χ2n) is 23.0. The van der Waals surface area contributed by atoms with Gasteiger partial charge >= 0.3 is 7.12 Å². The molecule has 0 spiro atoms. The quantitative estimate of drug-likeness (QED) is 0.136. The molecule has 0 saturated heterocycles. The average Bonchev–Trinajstić information content (AvgIpc) is 0.869. The first kappa shape index (κ1) is 53.0. The van der Waals surface area contributed by atoms with Crippen LogP contribution < -0.4 is 5.46 Å². The van der Waals surface area contributed by atoms with Crippen LogP contribution in [-0.4, -0.2) is 17.2 Å². The number of benzene rings is 18. The number of hydrogen-bond donors (Lipinski definition) is 2. The topological polar surface area (TPSA) is 40.5 Å². The van der Waals surface area contributed by atoms with Crippen molar-refractivity contribution in [3.8, 4) is 33.4 Å². The van der Waals surface area contributed by atoms with Crippen LogP contribution in [0.2, 0.25) is 0 Å². The van der Waals surface area contributed by atoms with Crippen LogP contribution in [0.15, 0.2) is 320 Å². The fourth-order valence-corrected chi connectivity index (χ4v) is 14.2. The van der Waals surface area contributed by atoms with Crippen LogP contribution in [0.5, 0.6) is 0 Å². The van der Waals surface area contributed by atoms with E-state index < -0.39 is 7.12 Å². The molecule has 0 aromatic heterocycles. The molecular formula is C84H54BBrO2. The summed E-state index contributed by atoms with van der Waals surface area (Å²) in [6, 6.07) is 113. The summed E-state index contributed by atoms with van der Waals surface area (Å²) >= 11 is 3.77. The maximum Gasteiger partial charge on any atom is 0.488 e. The van der Waals surface area contributed by atoms with E-state index in [1.54, 1.807) is 6.07 Å². The summed E-state index contributed by atoms with van der Waals surface area (Å²) in [7, 11) is -1.43. The Morgan fingerprint density at radius 2 is 0.477 bits per heavy atom. The Morgan fingerprint density at radius 3 is 0.920 bits per heavy atom. The Balaban J connectivity index is 0.000000115. The van der Waals surface area contributed by atoms with Crippen molar-refractivity contribution >= 4 is 158 Å². The van der Waals surface area contributed by atoms with Gasteiger partial charge in [-0.15, -0.1) is 0 Å². The van der Waals surface area contributed by atoms with Gasteiger partial charge in [0, 0.05) is 4.47 Å². The predicted molar refractivity (Wildman–Crippen MR) is 383 cm³/mol. The van der Waals surface area contributed by atoms with Gasteiger partial charge in [-0.05, 0) is 211 Å². The molecule has 0 bridgehead atoms. The van der Waals surface area contributed by atoms with Crippen LogP contribution in [0, 0.1) is 0 Å². The lowest BCUT2D eigenvalue weighted by atomic mass is 9.79. The van der Waals surface area contributed by atoms with Crippen LogP contribution in [0.25, 0.3) is 163 Å². The smallest absolute Gasteiger partial charge is 0.423 e. The molecule has 0 unspecified atom stereocenters. The number of halogens is 1. The average molecular weight is 1190 g/mol. The van der Waals surface area contributed by atoms with Crippen LogP contribution >= 0.6 is 15.9 Å². The van der Waals surface area contributed by atoms with Crippen LogP contribution in [0.4, 0.5) is 0 Å². The summed E-state index contributed by atoms with van der Waals surface area (Å²) in [6.45, 7) is 0. The lowest BCUT2D eigenvalue weighted by molar-refractivity contribution is 0.426. The van der Waals surface area contributed by atoms with Gasteiger partial charge in [-0.3, -0.25) is 0 Å². The Kier molecular flexibility index (Phi) is 13.3. The number of fused-ring (bicyclic) bond motifs is 20. The monoisotopic (exact) mass is 1180 g/mol. The molecule has 0 aliphatic heterocycles. The summed E-state index contributed by atoms with van der Waals surface area (Å²) < 4.78 is 1.15. The third-order valence-electron chi connectivity index (χ3n) is 17.9. The van der Waals surface area contributed by atoms with Crippen LogP contribution in [0.3, 0.4) is 0 Å². The molecule has 4 heteroatoms. The fraction of sp³-hybridized carbons (Fsp3) is 0. The van der Waals surface area contributed by atoms with E-state index in [9.17, 15) is 10.0 Å². The first-order chi connectivity index (χ1) is 43.4. The third-order valence-corrected chi connectivity index (χ3v) is 18.6. The SMILES string of the molecule is Brc1cc2c3ccccc3c3ccccc3c2c2ccccc12.OB(O)c1ccc2cc(-c3ccc4ccccc4c3)ccc2c1.c1ccc2cc(-c3ccc4cc(-c5cc6c7ccccc7c7ccccc7c6c6ccccc56)ccc4c3)ccc2c1. The predicted octanol–water partition coefficient (Wildman–Crippen LogP) is 22.3. The molecule has 412 valence electrons. The van der Waals surface area contributed by atoms with Crippen molar-refractivity contribution in [3.63, 3.8) is 0 Å². The zero-order chi connectivity index (χ0) is 58.8. The molecule has 88 heavy (non-hydrogen) atoms. The van der Waals surface area contributed by atoms with E-state index in [-0.39, 0.29) is 0 Å². The molecule has 0 aliphatic carbocycles. The van der Waals surface area contributed by atoms with E-state index >= 15 is 0 Å². The molecule has 0 aliphatic rings. The molecule has 0 atom stereocenters. The van der Waals surface area contributed by atoms with Gasteiger partial charge in [-0.1, -0.05) is 289 Å². The lowest BCUT2D eigenvalue weighted by Gasteiger charge is -2.16. The van der Waals surface area contributed by atoms with E-state index in [0.717, 1.165) is 20.8 Å². The molecule has 0 heterocycles. The van der Waals surface area contributed by atoms with Gasteiger partial charge in [0.1, 0.15) is 0 Å². The number of hydrogen-bond acceptors (Lipinski definition) is 2. The molecule has 2 nitrogen and oxygen atoms in total. The Bertz CT molecular complexity index is 5830. The van der Waals surface area contributed by atoms with Gasteiger partial charge in [0.15, 0.2) is 0 Å². The van der Waals surface area contributed by atoms with E-state index in [2.05, 4.69) is 295 Å². The summed E-state index contributed by atoms with van der Waals surface area (Å²) in [5, 5.41) is 49.1. The maximum absolute atomic E-state index is 9.27. The summed E-state index contributed by atoms with van der Waals surface area (Å²) in [5.41, 5.74) is 7.86. The Labute approximate surface area is 517 Å². The highest BCUT2D eigenvalue weighted by atomic mass is 79.9. The van der Waals surface area contributed by atoms with Gasteiger partial charge in [-0.2, -0.15) is 0 Å². The second-order valence-corrected chi connectivity index (χ2v) is 23.9. The molecule has 18 aromatic rings. The van der Waals surface area contributed by atoms with Gasteiger partial charge < -0.3 is 10.0 Å². The second kappa shape index (κ2) is 22.1. The lowest BCUT2D eigenvalue weighted by Crippen LogP contribution is -2.29. The third kappa shape index (κ3) is 9.38. The van der Waals surface area contributed by atoms with E-state index in [0.29, 0.717) is 5.46 Å². The molecule has 0 radical (unpaired) electrons. The Hall–Kier alpha value is -10.5. The summed E-state index contributed by atoms with van der Waals surface area (Å²) in [6.07, 6.45) is 0. The molecule has 0 fully saturated rings. The zero-order valence-corrected chi connectivity index (χ0v) is 49.5. The number of rotatable bonds is 4. The normalized spacial score (nSPS) is 11.6. The van der Waals surface area contributed by atoms with E-state index in [1.807, 2.05) is 30.3 Å². The molecule has 18 rings (SSSR count). The van der Waals surface area contributed by atoms with Gasteiger partial charge in [0.25, 0.3) is 0 Å². The maximum atomic E-state index is 9.27.